The first-order valence-corrected chi connectivity index (χ1v) is 12.1. The molecule has 33 heavy (non-hydrogen) atoms. The maximum absolute atomic E-state index is 13.5. The first kappa shape index (κ1) is 23.1. The highest BCUT2D eigenvalue weighted by molar-refractivity contribution is 5.82. The van der Waals surface area contributed by atoms with Gasteiger partial charge in [0.25, 0.3) is 0 Å². The highest BCUT2D eigenvalue weighted by Gasteiger charge is 2.36. The zero-order chi connectivity index (χ0) is 23.0. The third kappa shape index (κ3) is 5.86. The monoisotopic (exact) mass is 450 g/mol. The minimum Gasteiger partial charge on any atom is -0.494 e. The molecule has 0 spiro atoms. The maximum Gasteiger partial charge on any atom is 0.227 e. The smallest absolute Gasteiger partial charge is 0.227 e. The van der Waals surface area contributed by atoms with Crippen molar-refractivity contribution >= 4 is 11.8 Å². The Morgan fingerprint density at radius 3 is 2.39 bits per heavy atom. The molecule has 6 heteroatoms. The van der Waals surface area contributed by atoms with Crippen LogP contribution in [0, 0.1) is 5.92 Å². The van der Waals surface area contributed by atoms with Crippen molar-refractivity contribution in [1.29, 1.82) is 0 Å². The summed E-state index contributed by atoms with van der Waals surface area (Å²) < 4.78 is 11.2. The molecular weight excluding hydrogens is 416 g/mol. The second kappa shape index (κ2) is 11.2. The molecule has 0 aliphatic carbocycles. The van der Waals surface area contributed by atoms with Gasteiger partial charge in [0.15, 0.2) is 0 Å². The van der Waals surface area contributed by atoms with E-state index in [0.717, 1.165) is 55.8 Å². The Bertz CT molecular complexity index is 915. The van der Waals surface area contributed by atoms with Gasteiger partial charge in [-0.3, -0.25) is 9.59 Å². The van der Waals surface area contributed by atoms with E-state index in [4.69, 9.17) is 9.47 Å². The van der Waals surface area contributed by atoms with E-state index in [0.29, 0.717) is 26.2 Å². The van der Waals surface area contributed by atoms with E-state index in [9.17, 15) is 9.59 Å². The van der Waals surface area contributed by atoms with Crippen molar-refractivity contribution in [3.63, 3.8) is 0 Å². The molecule has 0 unspecified atom stereocenters. The molecule has 0 aromatic heterocycles. The van der Waals surface area contributed by atoms with Crippen molar-refractivity contribution in [2.24, 2.45) is 5.92 Å². The van der Waals surface area contributed by atoms with E-state index in [-0.39, 0.29) is 23.8 Å². The average molecular weight is 451 g/mol. The molecule has 2 aliphatic rings. The third-order valence-electron chi connectivity index (χ3n) is 6.56. The van der Waals surface area contributed by atoms with Crippen LogP contribution in [0.4, 0.5) is 0 Å². The predicted octanol–water partition coefficient (Wildman–Crippen LogP) is 4.46. The summed E-state index contributed by atoms with van der Waals surface area (Å²) in [5, 5.41) is 0. The molecule has 6 nitrogen and oxygen atoms in total. The number of amides is 2. The van der Waals surface area contributed by atoms with Crippen LogP contribution < -0.4 is 9.47 Å². The van der Waals surface area contributed by atoms with Gasteiger partial charge in [-0.2, -0.15) is 0 Å². The predicted molar refractivity (Wildman–Crippen MR) is 127 cm³/mol. The van der Waals surface area contributed by atoms with E-state index < -0.39 is 0 Å². The molecule has 2 aromatic carbocycles. The molecule has 2 amide bonds. The summed E-state index contributed by atoms with van der Waals surface area (Å²) in [6.07, 6.45) is 4.02. The van der Waals surface area contributed by atoms with E-state index in [1.54, 1.807) is 0 Å². The fourth-order valence-electron chi connectivity index (χ4n) is 4.90. The lowest BCUT2D eigenvalue weighted by atomic mass is 9.95. The van der Waals surface area contributed by atoms with Gasteiger partial charge in [0.05, 0.1) is 31.6 Å². The second-order valence-electron chi connectivity index (χ2n) is 8.78. The molecule has 2 heterocycles. The first-order chi connectivity index (χ1) is 16.2. The molecule has 176 valence electrons. The summed E-state index contributed by atoms with van der Waals surface area (Å²) >= 11 is 0. The molecule has 0 N–H and O–H groups in total. The van der Waals surface area contributed by atoms with Gasteiger partial charge in [-0.05, 0) is 62.4 Å². The van der Waals surface area contributed by atoms with Gasteiger partial charge in [0, 0.05) is 19.6 Å². The lowest BCUT2D eigenvalue weighted by molar-refractivity contribution is -0.141. The van der Waals surface area contributed by atoms with Gasteiger partial charge < -0.3 is 19.3 Å². The van der Waals surface area contributed by atoms with E-state index >= 15 is 0 Å². The van der Waals surface area contributed by atoms with Gasteiger partial charge in [0.2, 0.25) is 11.8 Å². The van der Waals surface area contributed by atoms with Crippen LogP contribution in [0.1, 0.15) is 50.6 Å². The third-order valence-corrected chi connectivity index (χ3v) is 6.56. The Balaban J connectivity index is 1.32. The summed E-state index contributed by atoms with van der Waals surface area (Å²) in [6, 6.07) is 17.8. The molecule has 2 aliphatic heterocycles. The van der Waals surface area contributed by atoms with Gasteiger partial charge in [-0.15, -0.1) is 0 Å². The number of piperidine rings is 1. The molecule has 0 radical (unpaired) electrons. The molecule has 2 fully saturated rings. The largest absolute Gasteiger partial charge is 0.494 e. The molecular formula is C27H34N2O4. The van der Waals surface area contributed by atoms with Gasteiger partial charge in [-0.25, -0.2) is 0 Å². The Kier molecular flexibility index (Phi) is 7.87. The summed E-state index contributed by atoms with van der Waals surface area (Å²) in [5.74, 6) is 1.75. The van der Waals surface area contributed by atoms with Crippen molar-refractivity contribution in [3.05, 3.63) is 60.2 Å². The van der Waals surface area contributed by atoms with Crippen LogP contribution in [0.3, 0.4) is 0 Å². The number of ether oxygens (including phenoxy) is 2. The molecule has 0 saturated carbocycles. The fourth-order valence-corrected chi connectivity index (χ4v) is 4.90. The molecule has 2 aromatic rings. The highest BCUT2D eigenvalue weighted by Crippen LogP contribution is 2.35. The fraction of sp³-hybridized carbons (Fsp3) is 0.481. The first-order valence-electron chi connectivity index (χ1n) is 12.1. The Hall–Kier alpha value is -3.02. The number of carbonyl (C=O) groups is 2. The van der Waals surface area contributed by atoms with Gasteiger partial charge >= 0.3 is 0 Å². The lowest BCUT2D eigenvalue weighted by Crippen LogP contribution is -2.46. The minimum atomic E-state index is -0.124. The zero-order valence-electron chi connectivity index (χ0n) is 19.4. The minimum absolute atomic E-state index is 0.0629. The number of rotatable bonds is 8. The van der Waals surface area contributed by atoms with E-state index in [2.05, 4.69) is 12.1 Å². The van der Waals surface area contributed by atoms with Crippen molar-refractivity contribution in [1.82, 2.24) is 9.80 Å². The standard InChI is InChI=1S/C27H34N2O4/c1-2-32-24-14-12-21(13-15-24)25-11-7-18-29(25)27(31)22-8-6-17-28(20-22)26(30)16-19-33-23-9-4-3-5-10-23/h3-5,9-10,12-15,22,25H,2,6-8,11,16-20H2,1H3/t22-,25-/m1/s1. The quantitative estimate of drug-likeness (QED) is 0.596. The molecule has 0 bridgehead atoms. The van der Waals surface area contributed by atoms with Gasteiger partial charge in [0.1, 0.15) is 11.5 Å². The maximum atomic E-state index is 13.5. The van der Waals surface area contributed by atoms with E-state index in [1.165, 1.54) is 0 Å². The van der Waals surface area contributed by atoms with Crippen molar-refractivity contribution in [2.75, 3.05) is 32.8 Å². The highest BCUT2D eigenvalue weighted by atomic mass is 16.5. The van der Waals surface area contributed by atoms with Crippen LogP contribution in [0.15, 0.2) is 54.6 Å². The van der Waals surface area contributed by atoms with Crippen molar-refractivity contribution in [3.8, 4) is 11.5 Å². The van der Waals surface area contributed by atoms with E-state index in [1.807, 2.05) is 59.2 Å². The Morgan fingerprint density at radius 2 is 1.64 bits per heavy atom. The van der Waals surface area contributed by atoms with Crippen molar-refractivity contribution < 1.29 is 19.1 Å². The number of likely N-dealkylation sites (tertiary alicyclic amines) is 2. The Labute approximate surface area is 196 Å². The van der Waals surface area contributed by atoms with Crippen LogP contribution in [0.25, 0.3) is 0 Å². The number of nitrogens with zero attached hydrogens (tertiary/aromatic N) is 2. The lowest BCUT2D eigenvalue weighted by Gasteiger charge is -2.36. The SMILES string of the molecule is CCOc1ccc([C@H]2CCCN2C(=O)[C@@H]2CCCN(C(=O)CCOc3ccccc3)C2)cc1. The summed E-state index contributed by atoms with van der Waals surface area (Å²) in [5.41, 5.74) is 1.16. The number of para-hydroxylation sites is 1. The summed E-state index contributed by atoms with van der Waals surface area (Å²) in [4.78, 5) is 30.1. The van der Waals surface area contributed by atoms with Gasteiger partial charge in [-0.1, -0.05) is 30.3 Å². The van der Waals surface area contributed by atoms with Crippen LogP contribution >= 0.6 is 0 Å². The zero-order valence-corrected chi connectivity index (χ0v) is 19.4. The van der Waals surface area contributed by atoms with Crippen LogP contribution in [0.2, 0.25) is 0 Å². The molecule has 4 rings (SSSR count). The summed E-state index contributed by atoms with van der Waals surface area (Å²) in [6.45, 7) is 4.98. The number of benzene rings is 2. The topological polar surface area (TPSA) is 59.1 Å². The van der Waals surface area contributed by atoms with Crippen LogP contribution in [0.5, 0.6) is 11.5 Å². The molecule has 2 atom stereocenters. The van der Waals surface area contributed by atoms with Crippen molar-refractivity contribution in [2.45, 2.75) is 45.1 Å². The number of hydrogen-bond donors (Lipinski definition) is 0. The summed E-state index contributed by atoms with van der Waals surface area (Å²) in [7, 11) is 0. The Morgan fingerprint density at radius 1 is 0.909 bits per heavy atom. The number of hydrogen-bond acceptors (Lipinski definition) is 4. The molecule has 2 saturated heterocycles. The normalized spacial score (nSPS) is 20.5. The van der Waals surface area contributed by atoms with Crippen LogP contribution in [-0.4, -0.2) is 54.5 Å². The number of carbonyl (C=O) groups excluding carboxylic acids is 2. The second-order valence-corrected chi connectivity index (χ2v) is 8.78. The average Bonchev–Trinajstić information content (AvgIpc) is 3.35. The van der Waals surface area contributed by atoms with Crippen LogP contribution in [-0.2, 0) is 9.59 Å².